The number of H-pyrrole nitrogens is 1. The summed E-state index contributed by atoms with van der Waals surface area (Å²) in [7, 11) is 0. The van der Waals surface area contributed by atoms with Crippen molar-refractivity contribution >= 4 is 38.3 Å². The van der Waals surface area contributed by atoms with Crippen LogP contribution in [0.4, 0.5) is 14.6 Å². The summed E-state index contributed by atoms with van der Waals surface area (Å²) in [4.78, 5) is 12.9. The van der Waals surface area contributed by atoms with E-state index in [1.54, 1.807) is 19.1 Å². The lowest BCUT2D eigenvalue weighted by Crippen LogP contribution is -2.07. The number of aromatic nitrogens is 3. The minimum absolute atomic E-state index is 0.217. The predicted octanol–water partition coefficient (Wildman–Crippen LogP) is 6.70. The summed E-state index contributed by atoms with van der Waals surface area (Å²) in [5.41, 5.74) is 5.98. The lowest BCUT2D eigenvalue weighted by atomic mass is 10.0. The summed E-state index contributed by atoms with van der Waals surface area (Å²) in [6.07, 6.45) is 2.26. The van der Waals surface area contributed by atoms with E-state index in [1.807, 2.05) is 32.0 Å². The average molecular weight is 449 g/mol. The number of rotatable bonds is 5. The number of thiophene rings is 1. The van der Waals surface area contributed by atoms with Gasteiger partial charge in [0.05, 0.1) is 15.7 Å². The van der Waals surface area contributed by atoms with Crippen molar-refractivity contribution in [3.05, 3.63) is 76.7 Å². The first-order valence-electron chi connectivity index (χ1n) is 10.4. The molecule has 0 aliphatic carbocycles. The molecule has 3 aromatic heterocycles. The van der Waals surface area contributed by atoms with Crippen LogP contribution in [0.3, 0.4) is 0 Å². The van der Waals surface area contributed by atoms with Crippen LogP contribution >= 0.6 is 11.3 Å². The van der Waals surface area contributed by atoms with Gasteiger partial charge in [-0.25, -0.2) is 18.7 Å². The van der Waals surface area contributed by atoms with Crippen LogP contribution in [0.2, 0.25) is 0 Å². The number of aryl methyl sites for hydroxylation is 3. The Morgan fingerprint density at radius 3 is 2.59 bits per heavy atom. The Bertz CT molecular complexity index is 1470. The molecule has 0 saturated heterocycles. The molecule has 0 saturated carbocycles. The highest BCUT2D eigenvalue weighted by Gasteiger charge is 2.15. The summed E-state index contributed by atoms with van der Waals surface area (Å²) in [5.74, 6) is 0.300. The van der Waals surface area contributed by atoms with Gasteiger partial charge in [0, 0.05) is 22.5 Å². The maximum Gasteiger partial charge on any atom is 0.147 e. The highest BCUT2D eigenvalue weighted by Crippen LogP contribution is 2.36. The quantitative estimate of drug-likeness (QED) is 0.315. The maximum atomic E-state index is 14.2. The van der Waals surface area contributed by atoms with Gasteiger partial charge in [-0.15, -0.1) is 11.3 Å². The lowest BCUT2D eigenvalue weighted by Gasteiger charge is -2.08. The third-order valence-electron chi connectivity index (χ3n) is 5.86. The Morgan fingerprint density at radius 2 is 1.78 bits per heavy atom. The first-order valence-corrected chi connectivity index (χ1v) is 11.2. The van der Waals surface area contributed by atoms with Crippen molar-refractivity contribution in [3.8, 4) is 10.4 Å². The molecule has 5 rings (SSSR count). The number of anilines is 1. The Balaban J connectivity index is 1.41. The van der Waals surface area contributed by atoms with E-state index < -0.39 is 0 Å². The molecule has 7 heteroatoms. The van der Waals surface area contributed by atoms with Crippen molar-refractivity contribution in [2.24, 2.45) is 0 Å². The Morgan fingerprint density at radius 1 is 0.969 bits per heavy atom. The molecule has 0 amide bonds. The fourth-order valence-corrected chi connectivity index (χ4v) is 5.20. The third kappa shape index (κ3) is 3.52. The van der Waals surface area contributed by atoms with Gasteiger partial charge in [-0.3, -0.25) is 0 Å². The van der Waals surface area contributed by atoms with Crippen LogP contribution in [-0.4, -0.2) is 21.5 Å². The molecule has 0 aliphatic heterocycles. The average Bonchev–Trinajstić information content (AvgIpc) is 3.35. The van der Waals surface area contributed by atoms with Gasteiger partial charge >= 0.3 is 0 Å². The molecule has 3 heterocycles. The van der Waals surface area contributed by atoms with Crippen LogP contribution in [0, 0.1) is 32.4 Å². The Labute approximate surface area is 188 Å². The molecule has 2 aromatic carbocycles. The molecule has 32 heavy (non-hydrogen) atoms. The number of nitrogens with one attached hydrogen (secondary N) is 2. The van der Waals surface area contributed by atoms with Gasteiger partial charge in [-0.2, -0.15) is 0 Å². The maximum absolute atomic E-state index is 14.2. The highest BCUT2D eigenvalue weighted by molar-refractivity contribution is 7.22. The van der Waals surface area contributed by atoms with Crippen molar-refractivity contribution in [1.29, 1.82) is 0 Å². The van der Waals surface area contributed by atoms with Gasteiger partial charge in [-0.1, -0.05) is 18.2 Å². The van der Waals surface area contributed by atoms with Crippen LogP contribution in [0.25, 0.3) is 31.6 Å². The fourth-order valence-electron chi connectivity index (χ4n) is 4.13. The van der Waals surface area contributed by atoms with Gasteiger partial charge in [0.2, 0.25) is 0 Å². The lowest BCUT2D eigenvalue weighted by molar-refractivity contribution is 0.619. The fraction of sp³-hybridized carbons (Fsp3) is 0.200. The SMILES string of the molecule is Cc1ccc(-c2cc3ncnc(NCCc4c(C)[nH]c5c(F)ccc(C)c45)c3s2)cc1F. The molecule has 2 N–H and O–H groups in total. The summed E-state index contributed by atoms with van der Waals surface area (Å²) in [6, 6.07) is 10.5. The second kappa shape index (κ2) is 7.98. The van der Waals surface area contributed by atoms with E-state index in [4.69, 9.17) is 0 Å². The molecule has 0 aliphatic rings. The monoisotopic (exact) mass is 448 g/mol. The highest BCUT2D eigenvalue weighted by atomic mass is 32.1. The first-order chi connectivity index (χ1) is 15.4. The summed E-state index contributed by atoms with van der Waals surface area (Å²) in [6.45, 7) is 6.37. The smallest absolute Gasteiger partial charge is 0.147 e. The van der Waals surface area contributed by atoms with Crippen LogP contribution in [-0.2, 0) is 6.42 Å². The normalized spacial score (nSPS) is 11.5. The zero-order chi connectivity index (χ0) is 22.4. The third-order valence-corrected chi connectivity index (χ3v) is 7.04. The molecule has 0 unspecified atom stereocenters. The van der Waals surface area contributed by atoms with Gasteiger partial charge in [-0.05, 0) is 67.6 Å². The van der Waals surface area contributed by atoms with Crippen molar-refractivity contribution in [3.63, 3.8) is 0 Å². The second-order valence-corrected chi connectivity index (χ2v) is 9.08. The zero-order valence-corrected chi connectivity index (χ0v) is 18.8. The van der Waals surface area contributed by atoms with Crippen LogP contribution in [0.5, 0.6) is 0 Å². The number of hydrogen-bond donors (Lipinski definition) is 2. The van der Waals surface area contributed by atoms with Crippen molar-refractivity contribution < 1.29 is 8.78 Å². The molecule has 0 bridgehead atoms. The van der Waals surface area contributed by atoms with Gasteiger partial charge < -0.3 is 10.3 Å². The van der Waals surface area contributed by atoms with Crippen molar-refractivity contribution in [2.75, 3.05) is 11.9 Å². The Kier molecular flexibility index (Phi) is 5.13. The number of halogens is 2. The van der Waals surface area contributed by atoms with E-state index in [9.17, 15) is 8.78 Å². The van der Waals surface area contributed by atoms with E-state index >= 15 is 0 Å². The summed E-state index contributed by atoms with van der Waals surface area (Å²) < 4.78 is 29.2. The number of hydrogen-bond acceptors (Lipinski definition) is 4. The number of benzene rings is 2. The van der Waals surface area contributed by atoms with Gasteiger partial charge in [0.1, 0.15) is 23.8 Å². The van der Waals surface area contributed by atoms with Crippen LogP contribution in [0.1, 0.15) is 22.4 Å². The summed E-state index contributed by atoms with van der Waals surface area (Å²) >= 11 is 1.54. The van der Waals surface area contributed by atoms with E-state index in [0.717, 1.165) is 55.1 Å². The van der Waals surface area contributed by atoms with E-state index in [2.05, 4.69) is 20.3 Å². The van der Waals surface area contributed by atoms with Gasteiger partial charge in [0.25, 0.3) is 0 Å². The molecule has 0 radical (unpaired) electrons. The van der Waals surface area contributed by atoms with Crippen molar-refractivity contribution in [2.45, 2.75) is 27.2 Å². The molecule has 0 atom stereocenters. The number of nitrogens with zero attached hydrogens (tertiary/aromatic N) is 2. The molecule has 0 fully saturated rings. The largest absolute Gasteiger partial charge is 0.368 e. The van der Waals surface area contributed by atoms with E-state index in [0.29, 0.717) is 17.6 Å². The number of aromatic amines is 1. The standard InChI is InChI=1S/C25H22F2N4S/c1-13-4-6-16(10-19(13)27)21-11-20-24(32-21)25(30-12-29-20)28-9-8-17-15(3)31-23-18(26)7-5-14(2)22(17)23/h4-7,10-12,31H,8-9H2,1-3H3,(H,28,29,30). The van der Waals surface area contributed by atoms with E-state index in [1.165, 1.54) is 23.7 Å². The molecule has 5 aromatic rings. The minimum Gasteiger partial charge on any atom is -0.368 e. The zero-order valence-electron chi connectivity index (χ0n) is 18.0. The van der Waals surface area contributed by atoms with Gasteiger partial charge in [0.15, 0.2) is 0 Å². The molecule has 0 spiro atoms. The molecular formula is C25H22F2N4S. The van der Waals surface area contributed by atoms with E-state index in [-0.39, 0.29) is 11.6 Å². The number of fused-ring (bicyclic) bond motifs is 2. The summed E-state index contributed by atoms with van der Waals surface area (Å²) in [5, 5.41) is 4.37. The minimum atomic E-state index is -0.232. The topological polar surface area (TPSA) is 53.6 Å². The predicted molar refractivity (Wildman–Crippen MR) is 127 cm³/mol. The van der Waals surface area contributed by atoms with Crippen molar-refractivity contribution in [1.82, 2.24) is 15.0 Å². The second-order valence-electron chi connectivity index (χ2n) is 8.03. The molecule has 162 valence electrons. The first kappa shape index (κ1) is 20.6. The Hall–Kier alpha value is -3.32. The van der Waals surface area contributed by atoms with Crippen LogP contribution < -0.4 is 5.32 Å². The molecule has 4 nitrogen and oxygen atoms in total. The van der Waals surface area contributed by atoms with Crippen LogP contribution in [0.15, 0.2) is 42.7 Å². The molecular weight excluding hydrogens is 426 g/mol.